The van der Waals surface area contributed by atoms with E-state index in [0.29, 0.717) is 0 Å². The minimum Gasteiger partial charge on any atom is -0.466 e. The van der Waals surface area contributed by atoms with E-state index in [1.54, 1.807) is 6.92 Å². The second-order valence-corrected chi connectivity index (χ2v) is 3.21. The molecule has 1 aromatic rings. The molecule has 0 fully saturated rings. The topological polar surface area (TPSA) is 26.3 Å². The Morgan fingerprint density at radius 2 is 2.13 bits per heavy atom. The summed E-state index contributed by atoms with van der Waals surface area (Å²) in [5, 5.41) is 0.0157. The molecule has 1 rings (SSSR count). The van der Waals surface area contributed by atoms with Crippen LogP contribution >= 0.6 is 11.6 Å². The van der Waals surface area contributed by atoms with Gasteiger partial charge in [0.1, 0.15) is 0 Å². The average Bonchev–Trinajstić information content (AvgIpc) is 2.19. The van der Waals surface area contributed by atoms with Crippen LogP contribution in [0.1, 0.15) is 12.5 Å². The molecule has 0 aliphatic rings. The van der Waals surface area contributed by atoms with E-state index in [1.165, 1.54) is 6.07 Å². The molecule has 0 aromatic heterocycles. The van der Waals surface area contributed by atoms with Crippen molar-refractivity contribution in [3.8, 4) is 0 Å². The zero-order chi connectivity index (χ0) is 11.4. The first-order valence-electron chi connectivity index (χ1n) is 4.34. The molecule has 0 spiro atoms. The predicted molar refractivity (Wildman–Crippen MR) is 51.7 cm³/mol. The van der Waals surface area contributed by atoms with Gasteiger partial charge in [-0.25, -0.2) is 8.78 Å². The number of rotatable bonds is 3. The standard InChI is InChI=1S/C10H9ClF2O2/c1-2-15-9(14)5-6-7(11)3-4-8(12)10(6)13/h3-4H,2,5H2,1H3. The number of esters is 1. The molecule has 0 bridgehead atoms. The fraction of sp³-hybridized carbons (Fsp3) is 0.300. The molecule has 0 amide bonds. The molecule has 5 heteroatoms. The lowest BCUT2D eigenvalue weighted by molar-refractivity contribution is -0.142. The first-order valence-corrected chi connectivity index (χ1v) is 4.72. The van der Waals surface area contributed by atoms with Crippen molar-refractivity contribution >= 4 is 17.6 Å². The SMILES string of the molecule is CCOC(=O)Cc1c(Cl)ccc(F)c1F. The third-order valence-electron chi connectivity index (χ3n) is 1.77. The number of hydrogen-bond donors (Lipinski definition) is 0. The van der Waals surface area contributed by atoms with Gasteiger partial charge in [-0.3, -0.25) is 4.79 Å². The van der Waals surface area contributed by atoms with Gasteiger partial charge in [-0.15, -0.1) is 0 Å². The van der Waals surface area contributed by atoms with Crippen molar-refractivity contribution in [3.05, 3.63) is 34.4 Å². The van der Waals surface area contributed by atoms with Crippen LogP contribution in [0.4, 0.5) is 8.78 Å². The summed E-state index contributed by atoms with van der Waals surface area (Å²) in [7, 11) is 0. The fourth-order valence-electron chi connectivity index (χ4n) is 1.09. The van der Waals surface area contributed by atoms with Gasteiger partial charge in [-0.05, 0) is 19.1 Å². The highest BCUT2D eigenvalue weighted by Gasteiger charge is 2.16. The van der Waals surface area contributed by atoms with E-state index in [-0.39, 0.29) is 23.6 Å². The average molecular weight is 235 g/mol. The molecule has 0 unspecified atom stereocenters. The highest BCUT2D eigenvalue weighted by Crippen LogP contribution is 2.22. The van der Waals surface area contributed by atoms with Gasteiger partial charge in [0.15, 0.2) is 11.6 Å². The van der Waals surface area contributed by atoms with Crippen molar-refractivity contribution in [1.82, 2.24) is 0 Å². The number of halogens is 3. The smallest absolute Gasteiger partial charge is 0.310 e. The highest BCUT2D eigenvalue weighted by molar-refractivity contribution is 6.31. The molecule has 15 heavy (non-hydrogen) atoms. The first kappa shape index (κ1) is 11.9. The summed E-state index contributed by atoms with van der Waals surface area (Å²) in [4.78, 5) is 11.1. The summed E-state index contributed by atoms with van der Waals surface area (Å²) in [6.45, 7) is 1.81. The van der Waals surface area contributed by atoms with Crippen molar-refractivity contribution in [2.24, 2.45) is 0 Å². The van der Waals surface area contributed by atoms with Crippen molar-refractivity contribution in [3.63, 3.8) is 0 Å². The van der Waals surface area contributed by atoms with Crippen LogP contribution < -0.4 is 0 Å². The molecule has 82 valence electrons. The molecule has 0 atom stereocenters. The normalized spacial score (nSPS) is 10.1. The molecule has 0 saturated heterocycles. The van der Waals surface area contributed by atoms with Crippen molar-refractivity contribution < 1.29 is 18.3 Å². The maximum atomic E-state index is 13.2. The van der Waals surface area contributed by atoms with E-state index < -0.39 is 17.6 Å². The Kier molecular flexibility index (Phi) is 4.03. The fourth-order valence-corrected chi connectivity index (χ4v) is 1.30. The van der Waals surface area contributed by atoms with Crippen LogP contribution in [0, 0.1) is 11.6 Å². The number of carbonyl (C=O) groups is 1. The maximum absolute atomic E-state index is 13.2. The Morgan fingerprint density at radius 1 is 1.47 bits per heavy atom. The highest BCUT2D eigenvalue weighted by atomic mass is 35.5. The quantitative estimate of drug-likeness (QED) is 0.594. The molecule has 2 nitrogen and oxygen atoms in total. The van der Waals surface area contributed by atoms with Crippen LogP contribution in [0.3, 0.4) is 0 Å². The van der Waals surface area contributed by atoms with E-state index in [0.717, 1.165) is 6.07 Å². The van der Waals surface area contributed by atoms with Crippen molar-refractivity contribution in [1.29, 1.82) is 0 Å². The molecule has 0 heterocycles. The van der Waals surface area contributed by atoms with Crippen LogP contribution in [-0.4, -0.2) is 12.6 Å². The Bertz CT molecular complexity index is 380. The van der Waals surface area contributed by atoms with E-state index in [4.69, 9.17) is 11.6 Å². The second-order valence-electron chi connectivity index (χ2n) is 2.80. The molecule has 0 aliphatic heterocycles. The van der Waals surface area contributed by atoms with Crippen molar-refractivity contribution in [2.45, 2.75) is 13.3 Å². The number of hydrogen-bond acceptors (Lipinski definition) is 2. The van der Waals surface area contributed by atoms with Crippen molar-refractivity contribution in [2.75, 3.05) is 6.61 Å². The van der Waals surface area contributed by atoms with Gasteiger partial charge in [0, 0.05) is 10.6 Å². The molecule has 0 aliphatic carbocycles. The molecule has 0 N–H and O–H groups in total. The zero-order valence-electron chi connectivity index (χ0n) is 8.02. The van der Waals surface area contributed by atoms with Gasteiger partial charge in [0.05, 0.1) is 13.0 Å². The van der Waals surface area contributed by atoms with E-state index in [9.17, 15) is 13.6 Å². The second kappa shape index (κ2) is 5.07. The van der Waals surface area contributed by atoms with Crippen LogP contribution in [0.2, 0.25) is 5.02 Å². The van der Waals surface area contributed by atoms with Crippen LogP contribution in [-0.2, 0) is 16.0 Å². The van der Waals surface area contributed by atoms with Crippen LogP contribution in [0.25, 0.3) is 0 Å². The molecule has 1 aromatic carbocycles. The number of carbonyl (C=O) groups excluding carboxylic acids is 1. The largest absolute Gasteiger partial charge is 0.466 e. The third-order valence-corrected chi connectivity index (χ3v) is 2.12. The number of ether oxygens (including phenoxy) is 1. The lowest BCUT2D eigenvalue weighted by atomic mass is 10.1. The Morgan fingerprint density at radius 3 is 2.73 bits per heavy atom. The maximum Gasteiger partial charge on any atom is 0.310 e. The van der Waals surface area contributed by atoms with Gasteiger partial charge in [0.25, 0.3) is 0 Å². The summed E-state index contributed by atoms with van der Waals surface area (Å²) in [6.07, 6.45) is -0.365. The van der Waals surface area contributed by atoms with Gasteiger partial charge < -0.3 is 4.74 Å². The summed E-state index contributed by atoms with van der Waals surface area (Å²) in [6, 6.07) is 2.11. The summed E-state index contributed by atoms with van der Waals surface area (Å²) in [5.74, 6) is -2.77. The zero-order valence-corrected chi connectivity index (χ0v) is 8.78. The molecule has 0 saturated carbocycles. The van der Waals surface area contributed by atoms with Gasteiger partial charge >= 0.3 is 5.97 Å². The lowest BCUT2D eigenvalue weighted by Crippen LogP contribution is -2.10. The minimum absolute atomic E-state index is 0.0157. The van der Waals surface area contributed by atoms with Crippen LogP contribution in [0.15, 0.2) is 12.1 Å². The van der Waals surface area contributed by atoms with Gasteiger partial charge in [-0.2, -0.15) is 0 Å². The Hall–Kier alpha value is -1.16. The van der Waals surface area contributed by atoms with E-state index in [2.05, 4.69) is 4.74 Å². The summed E-state index contributed by atoms with van der Waals surface area (Å²) < 4.78 is 30.6. The van der Waals surface area contributed by atoms with Crippen LogP contribution in [0.5, 0.6) is 0 Å². The van der Waals surface area contributed by atoms with E-state index in [1.807, 2.05) is 0 Å². The van der Waals surface area contributed by atoms with Gasteiger partial charge in [0.2, 0.25) is 0 Å². The van der Waals surface area contributed by atoms with E-state index >= 15 is 0 Å². The minimum atomic E-state index is -1.10. The Balaban J connectivity index is 2.93. The third kappa shape index (κ3) is 2.89. The molecule has 0 radical (unpaired) electrons. The summed E-state index contributed by atoms with van der Waals surface area (Å²) >= 11 is 5.63. The first-order chi connectivity index (χ1) is 7.06. The Labute approximate surface area is 90.8 Å². The predicted octanol–water partition coefficient (Wildman–Crippen LogP) is 2.72. The lowest BCUT2D eigenvalue weighted by Gasteiger charge is -2.06. The summed E-state index contributed by atoms with van der Waals surface area (Å²) in [5.41, 5.74) is -0.171. The van der Waals surface area contributed by atoms with Gasteiger partial charge in [-0.1, -0.05) is 11.6 Å². The molecular weight excluding hydrogens is 226 g/mol. The number of benzene rings is 1. The molecular formula is C10H9ClF2O2. The monoisotopic (exact) mass is 234 g/mol.